The Hall–Kier alpha value is -2.15. The lowest BCUT2D eigenvalue weighted by molar-refractivity contribution is -0.116. The Bertz CT molecular complexity index is 669. The number of rotatable bonds is 7. The molecule has 118 valence electrons. The van der Waals surface area contributed by atoms with E-state index < -0.39 is 6.03 Å². The van der Waals surface area contributed by atoms with Crippen LogP contribution in [0, 0.1) is 6.92 Å². The van der Waals surface area contributed by atoms with Crippen molar-refractivity contribution < 1.29 is 9.59 Å². The van der Waals surface area contributed by atoms with Crippen molar-refractivity contribution in [2.45, 2.75) is 32.6 Å². The topological polar surface area (TPSA) is 97.1 Å². The van der Waals surface area contributed by atoms with Gasteiger partial charge in [-0.15, -0.1) is 0 Å². The molecule has 1 aromatic carbocycles. The lowest BCUT2D eigenvalue weighted by atomic mass is 10.2. The number of hydrogen-bond acceptors (Lipinski definition) is 4. The first kappa shape index (κ1) is 16.2. The molecule has 0 fully saturated rings. The number of thiazole rings is 1. The maximum Gasteiger partial charge on any atom is 0.312 e. The first-order chi connectivity index (χ1) is 10.6. The number of amides is 3. The van der Waals surface area contributed by atoms with E-state index in [2.05, 4.69) is 15.6 Å². The minimum atomic E-state index is -0.510. The van der Waals surface area contributed by atoms with Crippen molar-refractivity contribution in [3.8, 4) is 0 Å². The normalized spacial score (nSPS) is 10.6. The molecule has 0 radical (unpaired) electrons. The van der Waals surface area contributed by atoms with Crippen molar-refractivity contribution >= 4 is 38.6 Å². The predicted molar refractivity (Wildman–Crippen MR) is 89.0 cm³/mol. The molecule has 0 atom stereocenters. The van der Waals surface area contributed by atoms with Gasteiger partial charge < -0.3 is 16.4 Å². The van der Waals surface area contributed by atoms with Gasteiger partial charge in [-0.3, -0.25) is 4.79 Å². The van der Waals surface area contributed by atoms with Gasteiger partial charge in [0.05, 0.1) is 10.2 Å². The molecule has 0 aliphatic carbocycles. The molecule has 1 heterocycles. The van der Waals surface area contributed by atoms with Gasteiger partial charge in [0.2, 0.25) is 5.91 Å². The number of para-hydroxylation sites is 1. The number of carbonyl (C=O) groups is 2. The highest BCUT2D eigenvalue weighted by Gasteiger charge is 2.08. The summed E-state index contributed by atoms with van der Waals surface area (Å²) in [7, 11) is 0. The fraction of sp³-hybridized carbons (Fsp3) is 0.400. The van der Waals surface area contributed by atoms with Crippen LogP contribution in [-0.2, 0) is 4.79 Å². The minimum Gasteiger partial charge on any atom is -0.352 e. The van der Waals surface area contributed by atoms with Crippen LogP contribution in [0.3, 0.4) is 0 Å². The SMILES string of the molecule is Cc1cccc2sc(NC(=O)CCCCCNC(N)=O)nc12. The number of aryl methyl sites for hydroxylation is 1. The van der Waals surface area contributed by atoms with Crippen LogP contribution < -0.4 is 16.4 Å². The van der Waals surface area contributed by atoms with Crippen molar-refractivity contribution in [2.75, 3.05) is 11.9 Å². The lowest BCUT2D eigenvalue weighted by Gasteiger charge is -2.02. The van der Waals surface area contributed by atoms with Crippen molar-refractivity contribution in [1.82, 2.24) is 10.3 Å². The van der Waals surface area contributed by atoms with E-state index in [0.717, 1.165) is 35.0 Å². The van der Waals surface area contributed by atoms with Gasteiger partial charge in [0.25, 0.3) is 0 Å². The third-order valence-corrected chi connectivity index (χ3v) is 4.18. The molecule has 0 spiro atoms. The average molecular weight is 320 g/mol. The molecule has 0 saturated carbocycles. The number of nitrogens with zero attached hydrogens (tertiary/aromatic N) is 1. The molecule has 0 aliphatic rings. The van der Waals surface area contributed by atoms with E-state index in [0.29, 0.717) is 18.1 Å². The van der Waals surface area contributed by atoms with Gasteiger partial charge in [-0.2, -0.15) is 0 Å². The Balaban J connectivity index is 1.74. The van der Waals surface area contributed by atoms with Crippen molar-refractivity contribution in [3.05, 3.63) is 23.8 Å². The largest absolute Gasteiger partial charge is 0.352 e. The molecule has 0 saturated heterocycles. The molecule has 7 heteroatoms. The van der Waals surface area contributed by atoms with Gasteiger partial charge in [0.1, 0.15) is 0 Å². The second-order valence-electron chi connectivity index (χ2n) is 5.09. The fourth-order valence-corrected chi connectivity index (χ4v) is 3.08. The van der Waals surface area contributed by atoms with E-state index in [1.807, 2.05) is 25.1 Å². The van der Waals surface area contributed by atoms with E-state index in [9.17, 15) is 9.59 Å². The van der Waals surface area contributed by atoms with Gasteiger partial charge in [-0.05, 0) is 31.4 Å². The summed E-state index contributed by atoms with van der Waals surface area (Å²) in [5, 5.41) is 6.01. The molecule has 0 aliphatic heterocycles. The molecule has 4 N–H and O–H groups in total. The smallest absolute Gasteiger partial charge is 0.312 e. The van der Waals surface area contributed by atoms with Gasteiger partial charge in [0.15, 0.2) is 5.13 Å². The first-order valence-electron chi connectivity index (χ1n) is 7.25. The average Bonchev–Trinajstić information content (AvgIpc) is 2.86. The first-order valence-corrected chi connectivity index (χ1v) is 8.07. The van der Waals surface area contributed by atoms with Crippen LogP contribution in [-0.4, -0.2) is 23.5 Å². The Morgan fingerprint density at radius 3 is 2.82 bits per heavy atom. The summed E-state index contributed by atoms with van der Waals surface area (Å²) in [4.78, 5) is 26.8. The molecule has 0 unspecified atom stereocenters. The standard InChI is InChI=1S/C15H20N4O2S/c1-10-6-5-7-11-13(10)19-15(22-11)18-12(20)8-3-2-4-9-17-14(16)21/h5-7H,2-4,8-9H2,1H3,(H3,16,17,21)(H,18,19,20). The molecule has 1 aromatic heterocycles. The predicted octanol–water partition coefficient (Wildman–Crippen LogP) is 2.77. The molecule has 6 nitrogen and oxygen atoms in total. The number of aromatic nitrogens is 1. The Labute approximate surface area is 133 Å². The summed E-state index contributed by atoms with van der Waals surface area (Å²) in [6.45, 7) is 2.56. The van der Waals surface area contributed by atoms with Crippen molar-refractivity contribution in [3.63, 3.8) is 0 Å². The summed E-state index contributed by atoms with van der Waals surface area (Å²) >= 11 is 1.49. The maximum absolute atomic E-state index is 11.9. The molecular formula is C15H20N4O2S. The summed E-state index contributed by atoms with van der Waals surface area (Å²) in [6, 6.07) is 5.49. The number of hydrogen-bond donors (Lipinski definition) is 3. The summed E-state index contributed by atoms with van der Waals surface area (Å²) in [6.07, 6.45) is 2.91. The van der Waals surface area contributed by atoms with Gasteiger partial charge >= 0.3 is 6.03 Å². The van der Waals surface area contributed by atoms with Gasteiger partial charge in [-0.1, -0.05) is 29.9 Å². The van der Waals surface area contributed by atoms with E-state index in [1.165, 1.54) is 11.3 Å². The molecular weight excluding hydrogens is 300 g/mol. The Morgan fingerprint density at radius 1 is 1.27 bits per heavy atom. The number of benzene rings is 1. The molecule has 0 bridgehead atoms. The van der Waals surface area contributed by atoms with E-state index in [-0.39, 0.29) is 5.91 Å². The van der Waals surface area contributed by atoms with Crippen LogP contribution in [0.15, 0.2) is 18.2 Å². The number of nitrogens with two attached hydrogens (primary N) is 1. The van der Waals surface area contributed by atoms with Crippen LogP contribution in [0.25, 0.3) is 10.2 Å². The van der Waals surface area contributed by atoms with Crippen LogP contribution in [0.5, 0.6) is 0 Å². The number of carbonyl (C=O) groups excluding carboxylic acids is 2. The highest BCUT2D eigenvalue weighted by Crippen LogP contribution is 2.27. The third kappa shape index (κ3) is 4.70. The van der Waals surface area contributed by atoms with Gasteiger partial charge in [-0.25, -0.2) is 9.78 Å². The number of anilines is 1. The number of primary amides is 1. The number of urea groups is 1. The Morgan fingerprint density at radius 2 is 2.09 bits per heavy atom. The fourth-order valence-electron chi connectivity index (χ4n) is 2.12. The highest BCUT2D eigenvalue weighted by molar-refractivity contribution is 7.22. The van der Waals surface area contributed by atoms with E-state index in [4.69, 9.17) is 5.73 Å². The highest BCUT2D eigenvalue weighted by atomic mass is 32.1. The van der Waals surface area contributed by atoms with Crippen LogP contribution in [0.4, 0.5) is 9.93 Å². The molecule has 22 heavy (non-hydrogen) atoms. The lowest BCUT2D eigenvalue weighted by Crippen LogP contribution is -2.29. The van der Waals surface area contributed by atoms with E-state index >= 15 is 0 Å². The number of fused-ring (bicyclic) bond motifs is 1. The van der Waals surface area contributed by atoms with Crippen LogP contribution in [0.2, 0.25) is 0 Å². The zero-order valence-corrected chi connectivity index (χ0v) is 13.3. The summed E-state index contributed by atoms with van der Waals surface area (Å²) in [5.41, 5.74) is 7.02. The second kappa shape index (κ2) is 7.74. The Kier molecular flexibility index (Phi) is 5.71. The quantitative estimate of drug-likeness (QED) is 0.684. The minimum absolute atomic E-state index is 0.0282. The monoisotopic (exact) mass is 320 g/mol. The third-order valence-electron chi connectivity index (χ3n) is 3.25. The molecule has 2 aromatic rings. The van der Waals surface area contributed by atoms with Crippen molar-refractivity contribution in [2.24, 2.45) is 5.73 Å². The molecule has 2 rings (SSSR count). The zero-order chi connectivity index (χ0) is 15.9. The number of nitrogens with one attached hydrogen (secondary N) is 2. The van der Waals surface area contributed by atoms with Crippen LogP contribution >= 0.6 is 11.3 Å². The number of unbranched alkanes of at least 4 members (excludes halogenated alkanes) is 2. The summed E-state index contributed by atoms with van der Waals surface area (Å²) in [5.74, 6) is -0.0282. The summed E-state index contributed by atoms with van der Waals surface area (Å²) < 4.78 is 1.08. The van der Waals surface area contributed by atoms with Crippen molar-refractivity contribution in [1.29, 1.82) is 0 Å². The van der Waals surface area contributed by atoms with Gasteiger partial charge in [0, 0.05) is 13.0 Å². The molecule has 3 amide bonds. The van der Waals surface area contributed by atoms with E-state index in [1.54, 1.807) is 0 Å². The zero-order valence-electron chi connectivity index (χ0n) is 12.5. The van der Waals surface area contributed by atoms with Crippen LogP contribution in [0.1, 0.15) is 31.2 Å². The second-order valence-corrected chi connectivity index (χ2v) is 6.12. The maximum atomic E-state index is 11.9.